The van der Waals surface area contributed by atoms with Crippen LogP contribution in [-0.4, -0.2) is 30.0 Å². The molecule has 1 N–H and O–H groups in total. The maximum absolute atomic E-state index is 4.62. The number of hydrogen-bond donors (Lipinski definition) is 1. The highest BCUT2D eigenvalue weighted by molar-refractivity contribution is 5.34. The van der Waals surface area contributed by atoms with Gasteiger partial charge in [0.1, 0.15) is 5.82 Å². The minimum Gasteiger partial charge on any atom is -0.373 e. The highest BCUT2D eigenvalue weighted by atomic mass is 15.1. The van der Waals surface area contributed by atoms with Crippen molar-refractivity contribution >= 4 is 5.82 Å². The summed E-state index contributed by atoms with van der Waals surface area (Å²) in [6.45, 7) is 8.14. The molecule has 1 fully saturated rings. The SMILES string of the molecule is CNc1cccc(CN2CCCC(C(C)C)CC2)n1. The number of rotatable bonds is 4. The van der Waals surface area contributed by atoms with Crippen LogP contribution in [0.5, 0.6) is 0 Å². The van der Waals surface area contributed by atoms with Crippen LogP contribution in [-0.2, 0) is 6.54 Å². The van der Waals surface area contributed by atoms with Gasteiger partial charge in [0.25, 0.3) is 0 Å². The van der Waals surface area contributed by atoms with Crippen LogP contribution in [0.25, 0.3) is 0 Å². The number of likely N-dealkylation sites (tertiary alicyclic amines) is 1. The highest BCUT2D eigenvalue weighted by Crippen LogP contribution is 2.25. The third-order valence-corrected chi connectivity index (χ3v) is 4.26. The monoisotopic (exact) mass is 261 g/mol. The summed E-state index contributed by atoms with van der Waals surface area (Å²) in [5, 5.41) is 3.11. The Bertz CT molecular complexity index is 389. The molecule has 0 spiro atoms. The quantitative estimate of drug-likeness (QED) is 0.900. The average molecular weight is 261 g/mol. The van der Waals surface area contributed by atoms with E-state index in [0.717, 1.165) is 24.2 Å². The lowest BCUT2D eigenvalue weighted by molar-refractivity contribution is 0.262. The molecule has 1 aliphatic heterocycles. The summed E-state index contributed by atoms with van der Waals surface area (Å²) in [6.07, 6.45) is 4.05. The predicted molar refractivity (Wildman–Crippen MR) is 81.2 cm³/mol. The van der Waals surface area contributed by atoms with Gasteiger partial charge in [-0.25, -0.2) is 4.98 Å². The van der Waals surface area contributed by atoms with Crippen LogP contribution < -0.4 is 5.32 Å². The van der Waals surface area contributed by atoms with Crippen molar-refractivity contribution in [1.82, 2.24) is 9.88 Å². The molecule has 0 aliphatic carbocycles. The summed E-state index contributed by atoms with van der Waals surface area (Å²) in [6, 6.07) is 6.23. The molecule has 1 aromatic rings. The first-order valence-corrected chi connectivity index (χ1v) is 7.55. The highest BCUT2D eigenvalue weighted by Gasteiger charge is 2.19. The Morgan fingerprint density at radius 1 is 1.32 bits per heavy atom. The largest absolute Gasteiger partial charge is 0.373 e. The molecule has 1 aliphatic rings. The van der Waals surface area contributed by atoms with Gasteiger partial charge < -0.3 is 5.32 Å². The topological polar surface area (TPSA) is 28.2 Å². The number of aromatic nitrogens is 1. The van der Waals surface area contributed by atoms with Crippen LogP contribution in [0, 0.1) is 11.8 Å². The maximum atomic E-state index is 4.62. The van der Waals surface area contributed by atoms with E-state index in [2.05, 4.69) is 41.2 Å². The molecular formula is C16H27N3. The van der Waals surface area contributed by atoms with Gasteiger partial charge in [0.15, 0.2) is 0 Å². The first-order valence-electron chi connectivity index (χ1n) is 7.55. The molecule has 0 radical (unpaired) electrons. The van der Waals surface area contributed by atoms with Crippen molar-refractivity contribution in [2.24, 2.45) is 11.8 Å². The van der Waals surface area contributed by atoms with Crippen LogP contribution in [0.4, 0.5) is 5.82 Å². The third-order valence-electron chi connectivity index (χ3n) is 4.26. The fourth-order valence-electron chi connectivity index (χ4n) is 2.94. The lowest BCUT2D eigenvalue weighted by Gasteiger charge is -2.21. The molecule has 2 rings (SSSR count). The van der Waals surface area contributed by atoms with E-state index in [4.69, 9.17) is 0 Å². The van der Waals surface area contributed by atoms with E-state index in [1.54, 1.807) is 0 Å². The molecule has 1 atom stereocenters. The zero-order chi connectivity index (χ0) is 13.7. The fraction of sp³-hybridized carbons (Fsp3) is 0.688. The van der Waals surface area contributed by atoms with E-state index in [-0.39, 0.29) is 0 Å². The summed E-state index contributed by atoms with van der Waals surface area (Å²) >= 11 is 0. The second kappa shape index (κ2) is 6.90. The molecule has 0 aromatic carbocycles. The Morgan fingerprint density at radius 2 is 2.16 bits per heavy atom. The molecule has 2 heterocycles. The summed E-state index contributed by atoms with van der Waals surface area (Å²) in [5.74, 6) is 2.69. The lowest BCUT2D eigenvalue weighted by atomic mass is 9.89. The van der Waals surface area contributed by atoms with Crippen molar-refractivity contribution in [3.63, 3.8) is 0 Å². The van der Waals surface area contributed by atoms with Crippen LogP contribution >= 0.6 is 0 Å². The van der Waals surface area contributed by atoms with E-state index in [9.17, 15) is 0 Å². The van der Waals surface area contributed by atoms with Gasteiger partial charge in [0.2, 0.25) is 0 Å². The summed E-state index contributed by atoms with van der Waals surface area (Å²) in [7, 11) is 1.92. The van der Waals surface area contributed by atoms with Gasteiger partial charge in [-0.3, -0.25) is 4.90 Å². The predicted octanol–water partition coefficient (Wildman–Crippen LogP) is 3.38. The molecule has 3 nitrogen and oxygen atoms in total. The number of pyridine rings is 1. The molecule has 1 aromatic heterocycles. The average Bonchev–Trinajstić information content (AvgIpc) is 2.65. The Morgan fingerprint density at radius 3 is 2.89 bits per heavy atom. The van der Waals surface area contributed by atoms with Crippen LogP contribution in [0.3, 0.4) is 0 Å². The Hall–Kier alpha value is -1.09. The summed E-state index contributed by atoms with van der Waals surface area (Å²) < 4.78 is 0. The zero-order valence-corrected chi connectivity index (χ0v) is 12.5. The summed E-state index contributed by atoms with van der Waals surface area (Å²) in [4.78, 5) is 7.18. The number of nitrogens with one attached hydrogen (secondary N) is 1. The second-order valence-corrected chi connectivity index (χ2v) is 5.98. The molecule has 3 heteroatoms. The van der Waals surface area contributed by atoms with E-state index in [0.29, 0.717) is 0 Å². The van der Waals surface area contributed by atoms with Gasteiger partial charge in [-0.1, -0.05) is 19.9 Å². The Balaban J connectivity index is 1.92. The minimum atomic E-state index is 0.825. The van der Waals surface area contributed by atoms with Crippen molar-refractivity contribution in [3.8, 4) is 0 Å². The van der Waals surface area contributed by atoms with Gasteiger partial charge in [0, 0.05) is 13.6 Å². The van der Waals surface area contributed by atoms with Crippen molar-refractivity contribution in [3.05, 3.63) is 23.9 Å². The normalized spacial score (nSPS) is 21.4. The van der Waals surface area contributed by atoms with Gasteiger partial charge in [-0.05, 0) is 56.3 Å². The number of hydrogen-bond acceptors (Lipinski definition) is 3. The molecule has 1 saturated heterocycles. The van der Waals surface area contributed by atoms with Crippen molar-refractivity contribution in [1.29, 1.82) is 0 Å². The minimum absolute atomic E-state index is 0.825. The number of nitrogens with zero attached hydrogens (tertiary/aromatic N) is 2. The van der Waals surface area contributed by atoms with Gasteiger partial charge >= 0.3 is 0 Å². The smallest absolute Gasteiger partial charge is 0.126 e. The van der Waals surface area contributed by atoms with Gasteiger partial charge in [-0.15, -0.1) is 0 Å². The standard InChI is InChI=1S/C16H27N3/c1-13(2)14-6-5-10-19(11-9-14)12-15-7-4-8-16(17-3)18-15/h4,7-8,13-14H,5-6,9-12H2,1-3H3,(H,17,18). The Labute approximate surface area is 117 Å². The maximum Gasteiger partial charge on any atom is 0.126 e. The van der Waals surface area contributed by atoms with E-state index in [1.165, 1.54) is 38.0 Å². The van der Waals surface area contributed by atoms with E-state index in [1.807, 2.05) is 13.1 Å². The third kappa shape index (κ3) is 4.20. The van der Waals surface area contributed by atoms with Crippen LogP contribution in [0.15, 0.2) is 18.2 Å². The summed E-state index contributed by atoms with van der Waals surface area (Å²) in [5.41, 5.74) is 1.18. The van der Waals surface area contributed by atoms with Crippen LogP contribution in [0.2, 0.25) is 0 Å². The molecule has 0 bridgehead atoms. The molecule has 106 valence electrons. The molecule has 1 unspecified atom stereocenters. The first-order chi connectivity index (χ1) is 9.19. The first kappa shape index (κ1) is 14.3. The van der Waals surface area contributed by atoms with Crippen molar-refractivity contribution in [2.75, 3.05) is 25.5 Å². The van der Waals surface area contributed by atoms with E-state index < -0.39 is 0 Å². The van der Waals surface area contributed by atoms with Crippen molar-refractivity contribution in [2.45, 2.75) is 39.7 Å². The van der Waals surface area contributed by atoms with Crippen LogP contribution in [0.1, 0.15) is 38.8 Å². The lowest BCUT2D eigenvalue weighted by Crippen LogP contribution is -2.25. The molecule has 19 heavy (non-hydrogen) atoms. The Kier molecular flexibility index (Phi) is 5.20. The number of anilines is 1. The van der Waals surface area contributed by atoms with Gasteiger partial charge in [-0.2, -0.15) is 0 Å². The second-order valence-electron chi connectivity index (χ2n) is 5.98. The van der Waals surface area contributed by atoms with Crippen molar-refractivity contribution < 1.29 is 0 Å². The molecule has 0 amide bonds. The molecular weight excluding hydrogens is 234 g/mol. The molecule has 0 saturated carbocycles. The zero-order valence-electron chi connectivity index (χ0n) is 12.5. The fourth-order valence-corrected chi connectivity index (χ4v) is 2.94. The van der Waals surface area contributed by atoms with Gasteiger partial charge in [0.05, 0.1) is 5.69 Å². The van der Waals surface area contributed by atoms with E-state index >= 15 is 0 Å².